The Bertz CT molecular complexity index is 483. The SMILES string of the molecule is CSCCC(N)c1nc2ccc(O)cc2[nH]1. The maximum absolute atomic E-state index is 9.34. The molecule has 0 amide bonds. The number of aromatic amines is 1. The van der Waals surface area contributed by atoms with E-state index in [1.54, 1.807) is 30.0 Å². The second kappa shape index (κ2) is 4.76. The number of thioether (sulfide) groups is 1. The van der Waals surface area contributed by atoms with Crippen LogP contribution >= 0.6 is 11.8 Å². The first kappa shape index (κ1) is 11.3. The number of hydrogen-bond donors (Lipinski definition) is 3. The Labute approximate surface area is 98.3 Å². The number of rotatable bonds is 4. The van der Waals surface area contributed by atoms with E-state index in [0.717, 1.165) is 29.0 Å². The summed E-state index contributed by atoms with van der Waals surface area (Å²) in [4.78, 5) is 7.55. The van der Waals surface area contributed by atoms with Crippen molar-refractivity contribution in [3.05, 3.63) is 24.0 Å². The number of aromatic hydroxyl groups is 1. The molecule has 4 nitrogen and oxygen atoms in total. The lowest BCUT2D eigenvalue weighted by Gasteiger charge is -2.06. The molecule has 1 unspecified atom stereocenters. The molecule has 0 aliphatic rings. The van der Waals surface area contributed by atoms with E-state index in [0.29, 0.717) is 0 Å². The van der Waals surface area contributed by atoms with E-state index in [4.69, 9.17) is 5.73 Å². The molecule has 5 heteroatoms. The van der Waals surface area contributed by atoms with Crippen molar-refractivity contribution in [3.8, 4) is 5.75 Å². The van der Waals surface area contributed by atoms with Crippen LogP contribution in [0.1, 0.15) is 18.3 Å². The number of nitrogens with zero attached hydrogens (tertiary/aromatic N) is 1. The zero-order chi connectivity index (χ0) is 11.5. The maximum Gasteiger partial charge on any atom is 0.124 e. The summed E-state index contributed by atoms with van der Waals surface area (Å²) in [6.45, 7) is 0. The van der Waals surface area contributed by atoms with Crippen molar-refractivity contribution in [2.75, 3.05) is 12.0 Å². The summed E-state index contributed by atoms with van der Waals surface area (Å²) < 4.78 is 0. The third-order valence-electron chi connectivity index (χ3n) is 2.47. The molecule has 0 radical (unpaired) electrons. The molecule has 0 saturated heterocycles. The quantitative estimate of drug-likeness (QED) is 0.760. The van der Waals surface area contributed by atoms with Gasteiger partial charge in [-0.1, -0.05) is 0 Å². The minimum atomic E-state index is -0.0676. The molecule has 1 aromatic heterocycles. The Morgan fingerprint density at radius 2 is 2.38 bits per heavy atom. The number of phenolic OH excluding ortho intramolecular Hbond substituents is 1. The largest absolute Gasteiger partial charge is 0.508 e. The lowest BCUT2D eigenvalue weighted by Crippen LogP contribution is -2.12. The summed E-state index contributed by atoms with van der Waals surface area (Å²) in [6, 6.07) is 5.00. The predicted molar refractivity (Wildman–Crippen MR) is 67.7 cm³/mol. The number of fused-ring (bicyclic) bond motifs is 1. The van der Waals surface area contributed by atoms with Crippen LogP contribution in [-0.2, 0) is 0 Å². The number of nitrogens with one attached hydrogen (secondary N) is 1. The molecule has 0 aliphatic heterocycles. The molecule has 1 heterocycles. The molecule has 86 valence electrons. The average Bonchev–Trinajstić information content (AvgIpc) is 2.68. The van der Waals surface area contributed by atoms with Crippen LogP contribution < -0.4 is 5.73 Å². The summed E-state index contributed by atoms with van der Waals surface area (Å²) in [7, 11) is 0. The summed E-state index contributed by atoms with van der Waals surface area (Å²) >= 11 is 1.77. The van der Waals surface area contributed by atoms with Gasteiger partial charge in [-0.25, -0.2) is 4.98 Å². The van der Waals surface area contributed by atoms with Crippen LogP contribution in [0.25, 0.3) is 11.0 Å². The summed E-state index contributed by atoms with van der Waals surface area (Å²) in [5, 5.41) is 9.34. The maximum atomic E-state index is 9.34. The van der Waals surface area contributed by atoms with E-state index in [1.165, 1.54) is 0 Å². The van der Waals surface area contributed by atoms with Gasteiger partial charge < -0.3 is 15.8 Å². The van der Waals surface area contributed by atoms with Crippen molar-refractivity contribution >= 4 is 22.8 Å². The smallest absolute Gasteiger partial charge is 0.124 e. The lowest BCUT2D eigenvalue weighted by molar-refractivity contribution is 0.476. The summed E-state index contributed by atoms with van der Waals surface area (Å²) in [6.07, 6.45) is 2.95. The standard InChI is InChI=1S/C11H15N3OS/c1-16-5-4-8(12)11-13-9-3-2-7(15)6-10(9)14-11/h2-3,6,8,15H,4-5,12H2,1H3,(H,13,14). The molecule has 0 fully saturated rings. The summed E-state index contributed by atoms with van der Waals surface area (Å²) in [5.74, 6) is 2.04. The Hall–Kier alpha value is -1.20. The topological polar surface area (TPSA) is 74.9 Å². The van der Waals surface area contributed by atoms with Crippen LogP contribution in [0.3, 0.4) is 0 Å². The van der Waals surface area contributed by atoms with Gasteiger partial charge in [-0.05, 0) is 30.6 Å². The van der Waals surface area contributed by atoms with Crippen molar-refractivity contribution in [1.82, 2.24) is 9.97 Å². The van der Waals surface area contributed by atoms with Gasteiger partial charge in [0, 0.05) is 6.07 Å². The van der Waals surface area contributed by atoms with Gasteiger partial charge in [-0.15, -0.1) is 0 Å². The van der Waals surface area contributed by atoms with E-state index in [1.807, 2.05) is 0 Å². The van der Waals surface area contributed by atoms with Gasteiger partial charge >= 0.3 is 0 Å². The number of aromatic nitrogens is 2. The fraction of sp³-hybridized carbons (Fsp3) is 0.364. The zero-order valence-corrected chi connectivity index (χ0v) is 9.92. The first-order valence-corrected chi connectivity index (χ1v) is 6.53. The number of imidazole rings is 1. The molecule has 16 heavy (non-hydrogen) atoms. The highest BCUT2D eigenvalue weighted by molar-refractivity contribution is 7.98. The van der Waals surface area contributed by atoms with Crippen molar-refractivity contribution < 1.29 is 5.11 Å². The monoisotopic (exact) mass is 237 g/mol. The minimum absolute atomic E-state index is 0.0676. The van der Waals surface area contributed by atoms with Gasteiger partial charge in [0.1, 0.15) is 11.6 Å². The molecule has 0 saturated carbocycles. The highest BCUT2D eigenvalue weighted by Gasteiger charge is 2.10. The number of H-pyrrole nitrogens is 1. The molecule has 1 atom stereocenters. The number of phenols is 1. The van der Waals surface area contributed by atoms with Crippen LogP contribution in [0.4, 0.5) is 0 Å². The Balaban J connectivity index is 2.25. The van der Waals surface area contributed by atoms with Crippen molar-refractivity contribution in [2.45, 2.75) is 12.5 Å². The van der Waals surface area contributed by atoms with Crippen LogP contribution in [-0.4, -0.2) is 27.1 Å². The van der Waals surface area contributed by atoms with Crippen molar-refractivity contribution in [1.29, 1.82) is 0 Å². The van der Waals surface area contributed by atoms with Crippen LogP contribution in [0.15, 0.2) is 18.2 Å². The zero-order valence-electron chi connectivity index (χ0n) is 9.10. The van der Waals surface area contributed by atoms with E-state index in [9.17, 15) is 5.11 Å². The first-order chi connectivity index (χ1) is 7.70. The molecule has 0 aliphatic carbocycles. The highest BCUT2D eigenvalue weighted by Crippen LogP contribution is 2.21. The van der Waals surface area contributed by atoms with Gasteiger partial charge in [-0.2, -0.15) is 11.8 Å². The second-order valence-corrected chi connectivity index (χ2v) is 4.70. The molecule has 2 aromatic rings. The Morgan fingerprint density at radius 1 is 1.56 bits per heavy atom. The molecular formula is C11H15N3OS. The van der Waals surface area contributed by atoms with E-state index in [2.05, 4.69) is 16.2 Å². The summed E-state index contributed by atoms with van der Waals surface area (Å²) in [5.41, 5.74) is 7.68. The molecule has 4 N–H and O–H groups in total. The van der Waals surface area contributed by atoms with Gasteiger partial charge in [0.15, 0.2) is 0 Å². The fourth-order valence-corrected chi connectivity index (χ4v) is 2.06. The van der Waals surface area contributed by atoms with E-state index in [-0.39, 0.29) is 11.8 Å². The number of nitrogens with two attached hydrogens (primary N) is 1. The van der Waals surface area contributed by atoms with Crippen LogP contribution in [0.2, 0.25) is 0 Å². The van der Waals surface area contributed by atoms with Gasteiger partial charge in [0.25, 0.3) is 0 Å². The average molecular weight is 237 g/mol. The fourth-order valence-electron chi connectivity index (χ4n) is 1.57. The minimum Gasteiger partial charge on any atom is -0.508 e. The molecule has 1 aromatic carbocycles. The van der Waals surface area contributed by atoms with Gasteiger partial charge in [0.05, 0.1) is 17.1 Å². The number of hydrogen-bond acceptors (Lipinski definition) is 4. The normalized spacial score (nSPS) is 13.1. The third kappa shape index (κ3) is 2.31. The molecule has 0 spiro atoms. The molecule has 0 bridgehead atoms. The molecular weight excluding hydrogens is 222 g/mol. The van der Waals surface area contributed by atoms with Crippen LogP contribution in [0, 0.1) is 0 Å². The van der Waals surface area contributed by atoms with Crippen molar-refractivity contribution in [3.63, 3.8) is 0 Å². The van der Waals surface area contributed by atoms with Crippen LogP contribution in [0.5, 0.6) is 5.75 Å². The Kier molecular flexibility index (Phi) is 3.36. The van der Waals surface area contributed by atoms with E-state index < -0.39 is 0 Å². The van der Waals surface area contributed by atoms with Crippen molar-refractivity contribution in [2.24, 2.45) is 5.73 Å². The third-order valence-corrected chi connectivity index (χ3v) is 3.11. The van der Waals surface area contributed by atoms with Gasteiger partial charge in [0.2, 0.25) is 0 Å². The van der Waals surface area contributed by atoms with E-state index >= 15 is 0 Å². The second-order valence-electron chi connectivity index (χ2n) is 3.71. The first-order valence-electron chi connectivity index (χ1n) is 5.14. The number of benzene rings is 1. The highest BCUT2D eigenvalue weighted by atomic mass is 32.2. The Morgan fingerprint density at radius 3 is 3.12 bits per heavy atom. The van der Waals surface area contributed by atoms with Gasteiger partial charge in [-0.3, -0.25) is 0 Å². The molecule has 2 rings (SSSR count). The predicted octanol–water partition coefficient (Wildman–Crippen LogP) is 2.02. The lowest BCUT2D eigenvalue weighted by atomic mass is 10.2.